The van der Waals surface area contributed by atoms with E-state index in [1.54, 1.807) is 0 Å². The molecule has 9 nitrogen and oxygen atoms in total. The Bertz CT molecular complexity index is 1770. The number of rotatable bonds is 66. The van der Waals surface area contributed by atoms with E-state index in [1.165, 1.54) is 212 Å². The lowest BCUT2D eigenvalue weighted by Gasteiger charge is -2.24. The molecule has 10 heteroatoms. The second-order valence-electron chi connectivity index (χ2n) is 25.2. The second kappa shape index (κ2) is 66.4. The third-order valence-corrected chi connectivity index (χ3v) is 16.6. The number of carbonyl (C=O) groups excluding carboxylic acids is 2. The van der Waals surface area contributed by atoms with Crippen LogP contribution in [0.3, 0.4) is 0 Å². The van der Waals surface area contributed by atoms with E-state index in [4.69, 9.17) is 18.5 Å². The van der Waals surface area contributed by atoms with Crippen molar-refractivity contribution in [2.45, 2.75) is 328 Å². The first kappa shape index (κ1) is 82.9. The SMILES string of the molecule is CC/C=C\C/C=C\C/C=C\C/C=C\C/C=C\C/C=C\C/C=C\CCCCCCCCCCCCCCCCCCCCCC(=O)OC(COC(=O)CCCCCCCCCCC/C=C\CCCCCCCCCC)COP(=O)(O)OCC[N+](C)(C)C. The molecule has 0 aliphatic heterocycles. The topological polar surface area (TPSA) is 108 Å². The van der Waals surface area contributed by atoms with E-state index in [0.717, 1.165) is 77.0 Å². The van der Waals surface area contributed by atoms with Crippen LogP contribution >= 0.6 is 7.82 Å². The molecule has 0 aromatic carbocycles. The minimum Gasteiger partial charge on any atom is -0.462 e. The van der Waals surface area contributed by atoms with E-state index in [0.29, 0.717) is 17.4 Å². The summed E-state index contributed by atoms with van der Waals surface area (Å²) in [6.45, 7) is 4.35. The first-order valence-electron chi connectivity index (χ1n) is 36.0. The second-order valence-corrected chi connectivity index (χ2v) is 26.7. The molecule has 498 valence electrons. The maximum Gasteiger partial charge on any atom is 0.472 e. The van der Waals surface area contributed by atoms with Crippen molar-refractivity contribution < 1.29 is 42.1 Å². The summed E-state index contributed by atoms with van der Waals surface area (Å²) in [6, 6.07) is 0. The molecule has 0 bridgehead atoms. The number of unbranched alkanes of at least 4 members (excludes halogenated alkanes) is 36. The normalized spacial score (nSPS) is 13.7. The van der Waals surface area contributed by atoms with Crippen molar-refractivity contribution in [1.82, 2.24) is 0 Å². The molecular formula is C76H137NO8P+. The van der Waals surface area contributed by atoms with Crippen LogP contribution < -0.4 is 0 Å². The lowest BCUT2D eigenvalue weighted by molar-refractivity contribution is -0.870. The number of phosphoric ester groups is 1. The Labute approximate surface area is 532 Å². The fourth-order valence-corrected chi connectivity index (χ4v) is 10.9. The van der Waals surface area contributed by atoms with Crippen LogP contribution in [0.1, 0.15) is 322 Å². The Morgan fingerprint density at radius 1 is 0.372 bits per heavy atom. The molecule has 0 radical (unpaired) electrons. The molecule has 0 aliphatic carbocycles. The summed E-state index contributed by atoms with van der Waals surface area (Å²) in [7, 11) is 1.48. The maximum absolute atomic E-state index is 12.9. The average molecular weight is 1220 g/mol. The van der Waals surface area contributed by atoms with Gasteiger partial charge in [-0.15, -0.1) is 0 Å². The molecule has 0 fully saturated rings. The fraction of sp³-hybridized carbons (Fsp3) is 0.763. The Hall–Kier alpha value is -3.07. The van der Waals surface area contributed by atoms with Crippen LogP contribution in [0.5, 0.6) is 0 Å². The minimum atomic E-state index is -4.39. The van der Waals surface area contributed by atoms with Gasteiger partial charge in [-0.3, -0.25) is 18.6 Å². The average Bonchev–Trinajstić information content (AvgIpc) is 3.70. The third kappa shape index (κ3) is 70.0. The molecule has 0 spiro atoms. The molecule has 0 aromatic rings. The van der Waals surface area contributed by atoms with E-state index >= 15 is 0 Å². The number of hydrogen-bond acceptors (Lipinski definition) is 7. The molecule has 0 aliphatic rings. The van der Waals surface area contributed by atoms with Gasteiger partial charge in [-0.25, -0.2) is 4.57 Å². The molecular weight excluding hydrogens is 1090 g/mol. The van der Waals surface area contributed by atoms with Crippen molar-refractivity contribution >= 4 is 19.8 Å². The summed E-state index contributed by atoms with van der Waals surface area (Å²) in [5.74, 6) is -0.788. The molecule has 0 aromatic heterocycles. The van der Waals surface area contributed by atoms with Gasteiger partial charge in [0.1, 0.15) is 19.8 Å². The molecule has 0 heterocycles. The first-order chi connectivity index (χ1) is 42.0. The lowest BCUT2D eigenvalue weighted by atomic mass is 10.0. The summed E-state index contributed by atoms with van der Waals surface area (Å²) in [5.41, 5.74) is 0. The van der Waals surface area contributed by atoms with Crippen molar-refractivity contribution in [1.29, 1.82) is 0 Å². The van der Waals surface area contributed by atoms with E-state index in [1.807, 2.05) is 21.1 Å². The highest BCUT2D eigenvalue weighted by Crippen LogP contribution is 2.43. The van der Waals surface area contributed by atoms with Crippen LogP contribution in [-0.4, -0.2) is 74.9 Å². The smallest absolute Gasteiger partial charge is 0.462 e. The maximum atomic E-state index is 12.9. The molecule has 0 saturated carbocycles. The quantitative estimate of drug-likeness (QED) is 0.0211. The Kier molecular flexibility index (Phi) is 64.0. The number of carbonyl (C=O) groups is 2. The van der Waals surface area contributed by atoms with Gasteiger partial charge in [0.25, 0.3) is 0 Å². The molecule has 0 saturated heterocycles. The lowest BCUT2D eigenvalue weighted by Crippen LogP contribution is -2.37. The predicted molar refractivity (Wildman–Crippen MR) is 372 cm³/mol. The van der Waals surface area contributed by atoms with Crippen molar-refractivity contribution in [3.05, 3.63) is 97.2 Å². The van der Waals surface area contributed by atoms with Crippen LogP contribution in [0.4, 0.5) is 0 Å². The summed E-state index contributed by atoms with van der Waals surface area (Å²) < 4.78 is 34.7. The number of phosphoric acid groups is 1. The van der Waals surface area contributed by atoms with Gasteiger partial charge in [0, 0.05) is 12.8 Å². The standard InChI is InChI=1S/C76H136NO8P/c1-6-8-10-12-14-16-18-20-22-24-26-28-29-30-31-32-33-34-35-36-37-38-39-40-41-42-43-44-45-46-47-49-51-53-55-57-59-61-63-65-67-69-76(79)85-74(73-84-86(80,81)83-71-70-77(3,4)5)72-82-75(78)68-66-64-62-60-58-56-54-52-50-48-27-25-23-21-19-17-15-13-11-9-7-2/h8,10,14,16,20,22,25-28,30-31,33-34,36-37,74H,6-7,9,11-13,15,17-19,21,23-24,29,32,35,38-73H2,1-5H3/p+1/b10-8-,16-14-,22-20-,27-25-,28-26-,31-30-,34-33-,37-36-. The fourth-order valence-electron chi connectivity index (χ4n) is 10.1. The summed E-state index contributed by atoms with van der Waals surface area (Å²) >= 11 is 0. The summed E-state index contributed by atoms with van der Waals surface area (Å²) in [4.78, 5) is 35.9. The number of esters is 2. The molecule has 0 rings (SSSR count). The van der Waals surface area contributed by atoms with Gasteiger partial charge < -0.3 is 18.9 Å². The van der Waals surface area contributed by atoms with Gasteiger partial charge in [-0.05, 0) is 96.3 Å². The van der Waals surface area contributed by atoms with Crippen LogP contribution in [0.15, 0.2) is 97.2 Å². The van der Waals surface area contributed by atoms with Crippen LogP contribution in [0, 0.1) is 0 Å². The largest absolute Gasteiger partial charge is 0.472 e. The minimum absolute atomic E-state index is 0.0307. The van der Waals surface area contributed by atoms with Gasteiger partial charge >= 0.3 is 19.8 Å². The van der Waals surface area contributed by atoms with E-state index in [-0.39, 0.29) is 32.0 Å². The van der Waals surface area contributed by atoms with Crippen LogP contribution in [0.25, 0.3) is 0 Å². The number of allylic oxidation sites excluding steroid dienone is 16. The molecule has 1 N–H and O–H groups in total. The van der Waals surface area contributed by atoms with Gasteiger partial charge in [-0.2, -0.15) is 0 Å². The number of nitrogens with zero attached hydrogens (tertiary/aromatic N) is 1. The predicted octanol–water partition coefficient (Wildman–Crippen LogP) is 23.5. The van der Waals surface area contributed by atoms with E-state index < -0.39 is 26.5 Å². The Balaban J connectivity index is 3.97. The van der Waals surface area contributed by atoms with Crippen molar-refractivity contribution in [2.75, 3.05) is 47.5 Å². The number of quaternary nitrogens is 1. The number of ether oxygens (including phenoxy) is 2. The van der Waals surface area contributed by atoms with Crippen LogP contribution in [0.2, 0.25) is 0 Å². The molecule has 2 unspecified atom stereocenters. The molecule has 0 amide bonds. The van der Waals surface area contributed by atoms with Crippen molar-refractivity contribution in [3.63, 3.8) is 0 Å². The zero-order valence-corrected chi connectivity index (χ0v) is 57.7. The Morgan fingerprint density at radius 3 is 1.00 bits per heavy atom. The highest BCUT2D eigenvalue weighted by Gasteiger charge is 2.27. The van der Waals surface area contributed by atoms with Gasteiger partial charge in [0.2, 0.25) is 0 Å². The summed E-state index contributed by atoms with van der Waals surface area (Å²) in [5, 5.41) is 0. The van der Waals surface area contributed by atoms with Gasteiger partial charge in [-0.1, -0.05) is 310 Å². The number of hydrogen-bond donors (Lipinski definition) is 1. The Morgan fingerprint density at radius 2 is 0.663 bits per heavy atom. The summed E-state index contributed by atoms with van der Waals surface area (Å²) in [6.07, 6.45) is 92.3. The molecule has 86 heavy (non-hydrogen) atoms. The number of likely N-dealkylation sites (N-methyl/N-ethyl adjacent to an activating group) is 1. The van der Waals surface area contributed by atoms with Gasteiger partial charge in [0.15, 0.2) is 6.10 Å². The van der Waals surface area contributed by atoms with Crippen molar-refractivity contribution in [2.24, 2.45) is 0 Å². The van der Waals surface area contributed by atoms with E-state index in [2.05, 4.69) is 111 Å². The highest BCUT2D eigenvalue weighted by atomic mass is 31.2. The zero-order chi connectivity index (χ0) is 62.6. The monoisotopic (exact) mass is 1220 g/mol. The van der Waals surface area contributed by atoms with Crippen molar-refractivity contribution in [3.8, 4) is 0 Å². The third-order valence-electron chi connectivity index (χ3n) is 15.6. The van der Waals surface area contributed by atoms with E-state index in [9.17, 15) is 19.0 Å². The molecule has 2 atom stereocenters. The zero-order valence-electron chi connectivity index (χ0n) is 56.8. The highest BCUT2D eigenvalue weighted by molar-refractivity contribution is 7.47. The van der Waals surface area contributed by atoms with Gasteiger partial charge in [0.05, 0.1) is 27.7 Å². The van der Waals surface area contributed by atoms with Crippen LogP contribution in [-0.2, 0) is 32.7 Å². The first-order valence-corrected chi connectivity index (χ1v) is 37.5.